The van der Waals surface area contributed by atoms with Gasteiger partial charge in [0.2, 0.25) is 15.9 Å². The first-order chi connectivity index (χ1) is 16.2. The number of hydrogen-bond donors (Lipinski definition) is 0. The minimum Gasteiger partial charge on any atom is -0.340 e. The van der Waals surface area contributed by atoms with Crippen molar-refractivity contribution in [2.75, 3.05) is 39.3 Å². The SMILES string of the molecule is Cc1cc(C)c(C)c(S(=O)(=O)N2CCC(C(=O)N3CCN(Cc4ccccc4)CC3)CC2)c1C. The second kappa shape index (κ2) is 10.2. The molecule has 2 aliphatic rings. The van der Waals surface area contributed by atoms with Crippen molar-refractivity contribution in [2.24, 2.45) is 5.92 Å². The highest BCUT2D eigenvalue weighted by atomic mass is 32.2. The Balaban J connectivity index is 1.34. The van der Waals surface area contributed by atoms with Crippen molar-refractivity contribution in [1.82, 2.24) is 14.1 Å². The molecule has 0 spiro atoms. The third-order valence-electron chi connectivity index (χ3n) is 7.63. The van der Waals surface area contributed by atoms with E-state index in [-0.39, 0.29) is 11.8 Å². The number of carbonyl (C=O) groups is 1. The van der Waals surface area contributed by atoms with E-state index in [0.29, 0.717) is 30.8 Å². The minimum absolute atomic E-state index is 0.0893. The number of hydrogen-bond acceptors (Lipinski definition) is 4. The van der Waals surface area contributed by atoms with Crippen LogP contribution >= 0.6 is 0 Å². The van der Waals surface area contributed by atoms with E-state index < -0.39 is 10.0 Å². The highest BCUT2D eigenvalue weighted by Crippen LogP contribution is 2.31. The second-order valence-corrected chi connectivity index (χ2v) is 11.7. The Hall–Kier alpha value is -2.22. The standard InChI is InChI=1S/C27H37N3O3S/c1-20-18-21(2)23(4)26(22(20)3)34(32,33)30-12-10-25(11-13-30)27(31)29-16-14-28(15-17-29)19-24-8-6-5-7-9-24/h5-9,18,25H,10-17,19H2,1-4H3. The number of carbonyl (C=O) groups excluding carboxylic acids is 1. The maximum absolute atomic E-state index is 13.5. The normalized spacial score (nSPS) is 18.9. The average Bonchev–Trinajstić information content (AvgIpc) is 2.83. The molecule has 0 bridgehead atoms. The largest absolute Gasteiger partial charge is 0.340 e. The van der Waals surface area contributed by atoms with Crippen LogP contribution in [-0.4, -0.2) is 67.7 Å². The van der Waals surface area contributed by atoms with E-state index >= 15 is 0 Å². The topological polar surface area (TPSA) is 60.9 Å². The van der Waals surface area contributed by atoms with Crippen molar-refractivity contribution in [1.29, 1.82) is 0 Å². The van der Waals surface area contributed by atoms with Crippen molar-refractivity contribution >= 4 is 15.9 Å². The number of sulfonamides is 1. The summed E-state index contributed by atoms with van der Waals surface area (Å²) in [5, 5.41) is 0. The van der Waals surface area contributed by atoms with E-state index in [1.807, 2.05) is 44.7 Å². The molecule has 2 fully saturated rings. The Morgan fingerprint density at radius 2 is 1.41 bits per heavy atom. The van der Waals surface area contributed by atoms with Gasteiger partial charge in [0.15, 0.2) is 0 Å². The predicted octanol–water partition coefficient (Wildman–Crippen LogP) is 3.67. The van der Waals surface area contributed by atoms with E-state index in [1.165, 1.54) is 5.56 Å². The van der Waals surface area contributed by atoms with E-state index in [0.717, 1.165) is 55.0 Å². The van der Waals surface area contributed by atoms with Gasteiger partial charge in [0.25, 0.3) is 0 Å². The van der Waals surface area contributed by atoms with Crippen LogP contribution < -0.4 is 0 Å². The van der Waals surface area contributed by atoms with Crippen LogP contribution in [-0.2, 0) is 21.4 Å². The van der Waals surface area contributed by atoms with Crippen molar-refractivity contribution in [3.63, 3.8) is 0 Å². The first kappa shape index (κ1) is 24.9. The van der Waals surface area contributed by atoms with Crippen molar-refractivity contribution in [3.8, 4) is 0 Å². The zero-order chi connectivity index (χ0) is 24.5. The van der Waals surface area contributed by atoms with Crippen LogP contribution in [0.1, 0.15) is 40.7 Å². The summed E-state index contributed by atoms with van der Waals surface area (Å²) in [7, 11) is -3.58. The lowest BCUT2D eigenvalue weighted by Gasteiger charge is -2.38. The Bertz CT molecular complexity index is 1110. The summed E-state index contributed by atoms with van der Waals surface area (Å²) in [4.78, 5) is 18.0. The van der Waals surface area contributed by atoms with Gasteiger partial charge in [-0.15, -0.1) is 0 Å². The number of piperazine rings is 1. The van der Waals surface area contributed by atoms with Crippen LogP contribution in [0.5, 0.6) is 0 Å². The summed E-state index contributed by atoms with van der Waals surface area (Å²) in [6.45, 7) is 12.7. The molecule has 1 amide bonds. The molecule has 0 N–H and O–H groups in total. The van der Waals surface area contributed by atoms with Gasteiger partial charge < -0.3 is 4.90 Å². The van der Waals surface area contributed by atoms with Gasteiger partial charge in [0.05, 0.1) is 4.90 Å². The molecule has 184 valence electrons. The van der Waals surface area contributed by atoms with Gasteiger partial charge in [-0.3, -0.25) is 9.69 Å². The molecule has 4 rings (SSSR count). The van der Waals surface area contributed by atoms with Gasteiger partial charge in [0.1, 0.15) is 0 Å². The Labute approximate surface area is 204 Å². The number of aryl methyl sites for hydroxylation is 2. The van der Waals surface area contributed by atoms with Crippen molar-refractivity contribution in [2.45, 2.75) is 52.0 Å². The number of amides is 1. The lowest BCUT2D eigenvalue weighted by molar-refractivity contribution is -0.138. The molecule has 2 aliphatic heterocycles. The van der Waals surface area contributed by atoms with Crippen LogP contribution in [0, 0.1) is 33.6 Å². The summed E-state index contributed by atoms with van der Waals surface area (Å²) in [6.07, 6.45) is 1.18. The quantitative estimate of drug-likeness (QED) is 0.651. The fourth-order valence-electron chi connectivity index (χ4n) is 5.27. The monoisotopic (exact) mass is 483 g/mol. The van der Waals surface area contributed by atoms with E-state index in [4.69, 9.17) is 0 Å². The zero-order valence-corrected chi connectivity index (χ0v) is 21.7. The van der Waals surface area contributed by atoms with Gasteiger partial charge in [-0.1, -0.05) is 36.4 Å². The molecule has 2 aromatic carbocycles. The van der Waals surface area contributed by atoms with Gasteiger partial charge >= 0.3 is 0 Å². The predicted molar refractivity (Wildman–Crippen MR) is 135 cm³/mol. The lowest BCUT2D eigenvalue weighted by Crippen LogP contribution is -2.51. The summed E-state index contributed by atoms with van der Waals surface area (Å²) in [6, 6.07) is 12.5. The van der Waals surface area contributed by atoms with Crippen molar-refractivity contribution < 1.29 is 13.2 Å². The number of nitrogens with zero attached hydrogens (tertiary/aromatic N) is 3. The number of benzene rings is 2. The van der Waals surface area contributed by atoms with Crippen LogP contribution in [0.3, 0.4) is 0 Å². The molecule has 0 saturated carbocycles. The van der Waals surface area contributed by atoms with Gasteiger partial charge in [0, 0.05) is 51.7 Å². The molecule has 2 saturated heterocycles. The summed E-state index contributed by atoms with van der Waals surface area (Å²) in [5.74, 6) is 0.101. The molecule has 0 atom stereocenters. The van der Waals surface area contributed by atoms with Crippen molar-refractivity contribution in [3.05, 3.63) is 64.2 Å². The molecule has 0 unspecified atom stereocenters. The fraction of sp³-hybridized carbons (Fsp3) is 0.519. The number of piperidine rings is 1. The highest BCUT2D eigenvalue weighted by molar-refractivity contribution is 7.89. The maximum Gasteiger partial charge on any atom is 0.243 e. The fourth-order valence-corrected chi connectivity index (χ4v) is 7.31. The molecular formula is C27H37N3O3S. The van der Waals surface area contributed by atoms with Crippen LogP contribution in [0.2, 0.25) is 0 Å². The molecule has 6 nitrogen and oxygen atoms in total. The Morgan fingerprint density at radius 3 is 1.97 bits per heavy atom. The smallest absolute Gasteiger partial charge is 0.243 e. The first-order valence-corrected chi connectivity index (χ1v) is 13.7. The third kappa shape index (κ3) is 5.07. The van der Waals surface area contributed by atoms with Crippen LogP contribution in [0.15, 0.2) is 41.3 Å². The minimum atomic E-state index is -3.58. The lowest BCUT2D eigenvalue weighted by atomic mass is 9.96. The molecular weight excluding hydrogens is 446 g/mol. The molecule has 0 radical (unpaired) electrons. The third-order valence-corrected chi connectivity index (χ3v) is 9.80. The first-order valence-electron chi connectivity index (χ1n) is 12.3. The van der Waals surface area contributed by atoms with Crippen LogP contribution in [0.4, 0.5) is 0 Å². The second-order valence-electron chi connectivity index (χ2n) is 9.85. The molecule has 0 aromatic heterocycles. The molecule has 7 heteroatoms. The summed E-state index contributed by atoms with van der Waals surface area (Å²) < 4.78 is 28.6. The van der Waals surface area contributed by atoms with Gasteiger partial charge in [-0.25, -0.2) is 8.42 Å². The number of rotatable bonds is 5. The van der Waals surface area contributed by atoms with Gasteiger partial charge in [-0.05, 0) is 68.4 Å². The Kier molecular flexibility index (Phi) is 7.45. The average molecular weight is 484 g/mol. The maximum atomic E-state index is 13.5. The molecule has 34 heavy (non-hydrogen) atoms. The zero-order valence-electron chi connectivity index (χ0n) is 20.9. The van der Waals surface area contributed by atoms with E-state index in [2.05, 4.69) is 29.2 Å². The Morgan fingerprint density at radius 1 is 0.853 bits per heavy atom. The summed E-state index contributed by atoms with van der Waals surface area (Å²) in [5.41, 5.74) is 4.95. The summed E-state index contributed by atoms with van der Waals surface area (Å²) >= 11 is 0. The highest BCUT2D eigenvalue weighted by Gasteiger charge is 2.36. The molecule has 0 aliphatic carbocycles. The van der Waals surface area contributed by atoms with E-state index in [1.54, 1.807) is 4.31 Å². The molecule has 2 heterocycles. The molecule has 2 aromatic rings. The van der Waals surface area contributed by atoms with Gasteiger partial charge in [-0.2, -0.15) is 4.31 Å². The van der Waals surface area contributed by atoms with Crippen LogP contribution in [0.25, 0.3) is 0 Å². The van der Waals surface area contributed by atoms with E-state index in [9.17, 15) is 13.2 Å².